The fourth-order valence-corrected chi connectivity index (χ4v) is 2.42. The van der Waals surface area contributed by atoms with Crippen LogP contribution in [0.2, 0.25) is 0 Å². The first kappa shape index (κ1) is 15.0. The van der Waals surface area contributed by atoms with Crippen LogP contribution in [-0.4, -0.2) is 29.1 Å². The summed E-state index contributed by atoms with van der Waals surface area (Å²) in [5.74, 6) is -1.25. The minimum atomic E-state index is -1.01. The number of carbonyl (C=O) groups excluding carboxylic acids is 1. The van der Waals surface area contributed by atoms with Gasteiger partial charge in [-0.3, -0.25) is 4.79 Å². The average Bonchev–Trinajstić information content (AvgIpc) is 2.54. The van der Waals surface area contributed by atoms with Crippen LogP contribution in [0.25, 0.3) is 0 Å². The largest absolute Gasteiger partial charge is 0.480 e. The molecule has 0 bridgehead atoms. The zero-order valence-corrected chi connectivity index (χ0v) is 11.6. The van der Waals surface area contributed by atoms with E-state index < -0.39 is 22.8 Å². The molecule has 5 heteroatoms. The molecule has 0 aromatic carbocycles. The predicted molar refractivity (Wildman–Crippen MR) is 69.0 cm³/mol. The molecule has 0 aliphatic heterocycles. The summed E-state index contributed by atoms with van der Waals surface area (Å²) in [5, 5.41) is 11.9. The molecule has 5 nitrogen and oxygen atoms in total. The molecule has 0 saturated heterocycles. The highest BCUT2D eigenvalue weighted by Gasteiger charge is 2.45. The van der Waals surface area contributed by atoms with Gasteiger partial charge in [-0.25, -0.2) is 4.79 Å². The van der Waals surface area contributed by atoms with Gasteiger partial charge in [0.2, 0.25) is 5.91 Å². The van der Waals surface area contributed by atoms with Gasteiger partial charge >= 0.3 is 5.97 Å². The minimum absolute atomic E-state index is 0.188. The number of hydrogen-bond acceptors (Lipinski definition) is 3. The van der Waals surface area contributed by atoms with Crippen LogP contribution in [-0.2, 0) is 9.59 Å². The summed E-state index contributed by atoms with van der Waals surface area (Å²) in [6.07, 6.45) is 2.45. The Labute approximate surface area is 108 Å². The first-order chi connectivity index (χ1) is 8.09. The average molecular weight is 256 g/mol. The number of rotatable bonds is 3. The molecule has 0 aromatic heterocycles. The van der Waals surface area contributed by atoms with Crippen molar-refractivity contribution >= 4 is 11.9 Å². The van der Waals surface area contributed by atoms with E-state index in [1.54, 1.807) is 20.8 Å². The van der Waals surface area contributed by atoms with Crippen molar-refractivity contribution < 1.29 is 14.7 Å². The highest BCUT2D eigenvalue weighted by molar-refractivity contribution is 5.88. The molecule has 1 aliphatic rings. The van der Waals surface area contributed by atoms with Crippen molar-refractivity contribution in [3.05, 3.63) is 0 Å². The minimum Gasteiger partial charge on any atom is -0.480 e. The van der Waals surface area contributed by atoms with Crippen LogP contribution in [0.4, 0.5) is 0 Å². The molecule has 1 saturated carbocycles. The third kappa shape index (κ3) is 2.83. The van der Waals surface area contributed by atoms with Crippen LogP contribution in [0, 0.1) is 10.8 Å². The van der Waals surface area contributed by atoms with E-state index in [1.165, 1.54) is 0 Å². The third-order valence-corrected chi connectivity index (χ3v) is 3.94. The summed E-state index contributed by atoms with van der Waals surface area (Å²) >= 11 is 0. The van der Waals surface area contributed by atoms with E-state index in [1.807, 2.05) is 6.92 Å². The Morgan fingerprint density at radius 2 is 2.00 bits per heavy atom. The van der Waals surface area contributed by atoms with Gasteiger partial charge in [-0.2, -0.15) is 0 Å². The molecule has 3 atom stereocenters. The Balaban J connectivity index is 2.83. The summed E-state index contributed by atoms with van der Waals surface area (Å²) in [6.45, 7) is 7.20. The lowest BCUT2D eigenvalue weighted by atomic mass is 9.81. The molecule has 4 N–H and O–H groups in total. The Kier molecular flexibility index (Phi) is 4.05. The summed E-state index contributed by atoms with van der Waals surface area (Å²) in [6, 6.07) is -1.08. The molecule has 0 spiro atoms. The van der Waals surface area contributed by atoms with Crippen molar-refractivity contribution in [2.45, 2.75) is 59.0 Å². The highest BCUT2D eigenvalue weighted by Crippen LogP contribution is 2.37. The number of nitrogens with one attached hydrogen (secondary N) is 1. The molecule has 1 aliphatic carbocycles. The summed E-state index contributed by atoms with van der Waals surface area (Å²) in [7, 11) is 0. The highest BCUT2D eigenvalue weighted by atomic mass is 16.4. The lowest BCUT2D eigenvalue weighted by Gasteiger charge is -2.33. The molecule has 18 heavy (non-hydrogen) atoms. The molecule has 1 rings (SSSR count). The van der Waals surface area contributed by atoms with Crippen LogP contribution >= 0.6 is 0 Å². The number of nitrogens with two attached hydrogens (primary N) is 1. The SMILES string of the molecule is CC1(C(=O)N[C@H](C(=O)O)C(C)(C)C)CCCC1N. The Morgan fingerprint density at radius 3 is 2.33 bits per heavy atom. The third-order valence-electron chi connectivity index (χ3n) is 3.94. The second kappa shape index (κ2) is 4.88. The van der Waals surface area contributed by atoms with Gasteiger partial charge in [-0.1, -0.05) is 27.2 Å². The summed E-state index contributed by atoms with van der Waals surface area (Å²) in [5.41, 5.74) is 4.80. The molecule has 2 unspecified atom stereocenters. The normalized spacial score (nSPS) is 29.9. The maximum absolute atomic E-state index is 12.3. The topological polar surface area (TPSA) is 92.4 Å². The van der Waals surface area contributed by atoms with Gasteiger partial charge < -0.3 is 16.2 Å². The smallest absolute Gasteiger partial charge is 0.326 e. The molecule has 104 valence electrons. The zero-order valence-electron chi connectivity index (χ0n) is 11.6. The monoisotopic (exact) mass is 256 g/mol. The zero-order chi connectivity index (χ0) is 14.1. The molecule has 1 amide bonds. The van der Waals surface area contributed by atoms with E-state index in [2.05, 4.69) is 5.32 Å². The van der Waals surface area contributed by atoms with E-state index in [4.69, 9.17) is 5.73 Å². The lowest BCUT2D eigenvalue weighted by Crippen LogP contribution is -2.55. The van der Waals surface area contributed by atoms with Gasteiger partial charge in [-0.05, 0) is 25.2 Å². The fourth-order valence-electron chi connectivity index (χ4n) is 2.42. The molecule has 0 aromatic rings. The Morgan fingerprint density at radius 1 is 1.44 bits per heavy atom. The van der Waals surface area contributed by atoms with Crippen LogP contribution in [0.15, 0.2) is 0 Å². The number of carboxylic acids is 1. The van der Waals surface area contributed by atoms with Gasteiger partial charge in [0, 0.05) is 6.04 Å². The quantitative estimate of drug-likeness (QED) is 0.705. The first-order valence-corrected chi connectivity index (χ1v) is 6.38. The van der Waals surface area contributed by atoms with Gasteiger partial charge in [-0.15, -0.1) is 0 Å². The van der Waals surface area contributed by atoms with Crippen molar-refractivity contribution in [3.8, 4) is 0 Å². The van der Waals surface area contributed by atoms with Crippen molar-refractivity contribution in [1.29, 1.82) is 0 Å². The van der Waals surface area contributed by atoms with E-state index in [-0.39, 0.29) is 11.9 Å². The van der Waals surface area contributed by atoms with E-state index >= 15 is 0 Å². The van der Waals surface area contributed by atoms with Crippen LogP contribution in [0.1, 0.15) is 47.0 Å². The first-order valence-electron chi connectivity index (χ1n) is 6.38. The fraction of sp³-hybridized carbons (Fsp3) is 0.846. The molecule has 0 heterocycles. The summed E-state index contributed by atoms with van der Waals surface area (Å²) < 4.78 is 0. The second-order valence-electron chi connectivity index (χ2n) is 6.53. The number of amides is 1. The van der Waals surface area contributed by atoms with Gasteiger partial charge in [0.15, 0.2) is 0 Å². The van der Waals surface area contributed by atoms with Crippen LogP contribution in [0.3, 0.4) is 0 Å². The van der Waals surface area contributed by atoms with E-state index in [0.717, 1.165) is 19.3 Å². The van der Waals surface area contributed by atoms with Crippen molar-refractivity contribution in [1.82, 2.24) is 5.32 Å². The van der Waals surface area contributed by atoms with Crippen molar-refractivity contribution in [3.63, 3.8) is 0 Å². The Hall–Kier alpha value is -1.10. The van der Waals surface area contributed by atoms with E-state index in [9.17, 15) is 14.7 Å². The van der Waals surface area contributed by atoms with Crippen LogP contribution in [0.5, 0.6) is 0 Å². The number of carbonyl (C=O) groups is 2. The maximum atomic E-state index is 12.3. The predicted octanol–water partition coefficient (Wildman–Crippen LogP) is 1.12. The Bertz CT molecular complexity index is 349. The standard InChI is InChI=1S/C13H24N2O3/c1-12(2,3)9(10(16)17)15-11(18)13(4)7-5-6-8(13)14/h8-9H,5-7,14H2,1-4H3,(H,15,18)(H,16,17)/t8?,9-,13?/m1/s1. The second-order valence-corrected chi connectivity index (χ2v) is 6.53. The van der Waals surface area contributed by atoms with Crippen molar-refractivity contribution in [2.24, 2.45) is 16.6 Å². The number of carboxylic acid groups (broad SMARTS) is 1. The van der Waals surface area contributed by atoms with Gasteiger partial charge in [0.1, 0.15) is 6.04 Å². The molecule has 1 fully saturated rings. The van der Waals surface area contributed by atoms with Crippen LogP contribution < -0.4 is 11.1 Å². The lowest BCUT2D eigenvalue weighted by molar-refractivity contribution is -0.147. The number of aliphatic carboxylic acids is 1. The number of hydrogen-bond donors (Lipinski definition) is 3. The van der Waals surface area contributed by atoms with Crippen molar-refractivity contribution in [2.75, 3.05) is 0 Å². The molecular formula is C13H24N2O3. The maximum Gasteiger partial charge on any atom is 0.326 e. The van der Waals surface area contributed by atoms with E-state index in [0.29, 0.717) is 0 Å². The summed E-state index contributed by atoms with van der Waals surface area (Å²) in [4.78, 5) is 23.5. The van der Waals surface area contributed by atoms with Gasteiger partial charge in [0.05, 0.1) is 5.41 Å². The molecule has 0 radical (unpaired) electrons. The van der Waals surface area contributed by atoms with Gasteiger partial charge in [0.25, 0.3) is 0 Å². The molecular weight excluding hydrogens is 232 g/mol.